The maximum Gasteiger partial charge on any atom is 0.184 e. The summed E-state index contributed by atoms with van der Waals surface area (Å²) in [7, 11) is -2.13. The molecule has 108 valence electrons. The van der Waals surface area contributed by atoms with Crippen LogP contribution in [0.3, 0.4) is 0 Å². The summed E-state index contributed by atoms with van der Waals surface area (Å²) in [4.78, 5) is 0.118. The lowest BCUT2D eigenvalue weighted by Gasteiger charge is -2.13. The van der Waals surface area contributed by atoms with E-state index in [0.717, 1.165) is 13.0 Å². The van der Waals surface area contributed by atoms with Gasteiger partial charge in [0.2, 0.25) is 0 Å². The number of para-hydroxylation sites is 1. The Morgan fingerprint density at radius 3 is 2.68 bits per heavy atom. The lowest BCUT2D eigenvalue weighted by molar-refractivity contribution is 0.194. The van der Waals surface area contributed by atoms with Crippen molar-refractivity contribution < 1.29 is 18.3 Å². The zero-order valence-electron chi connectivity index (χ0n) is 11.3. The minimum Gasteiger partial charge on any atom is -0.495 e. The van der Waals surface area contributed by atoms with Crippen LogP contribution in [-0.2, 0) is 9.84 Å². The molecule has 2 N–H and O–H groups in total. The molecule has 1 unspecified atom stereocenters. The topological polar surface area (TPSA) is 75.6 Å². The van der Waals surface area contributed by atoms with Gasteiger partial charge in [-0.05, 0) is 25.1 Å². The van der Waals surface area contributed by atoms with Gasteiger partial charge in [-0.1, -0.05) is 19.1 Å². The van der Waals surface area contributed by atoms with Gasteiger partial charge in [0, 0.05) is 6.54 Å². The van der Waals surface area contributed by atoms with Crippen molar-refractivity contribution in [3.63, 3.8) is 0 Å². The number of benzene rings is 1. The molecule has 1 aromatic carbocycles. The second-order valence-electron chi connectivity index (χ2n) is 4.29. The van der Waals surface area contributed by atoms with E-state index in [1.807, 2.05) is 6.92 Å². The molecule has 0 fully saturated rings. The third kappa shape index (κ3) is 4.81. The number of sulfone groups is 1. The van der Waals surface area contributed by atoms with Crippen LogP contribution in [0, 0.1) is 0 Å². The van der Waals surface area contributed by atoms with Crippen molar-refractivity contribution in [3.8, 4) is 5.75 Å². The third-order valence-electron chi connectivity index (χ3n) is 2.62. The van der Waals surface area contributed by atoms with Crippen LogP contribution in [-0.4, -0.2) is 45.6 Å². The summed E-state index contributed by atoms with van der Waals surface area (Å²) in [6, 6.07) is 6.42. The Balaban J connectivity index is 2.75. The predicted molar refractivity (Wildman–Crippen MR) is 74.2 cm³/mol. The maximum atomic E-state index is 12.2. The highest BCUT2D eigenvalue weighted by molar-refractivity contribution is 7.91. The van der Waals surface area contributed by atoms with Crippen molar-refractivity contribution in [1.29, 1.82) is 0 Å². The molecule has 0 aromatic heterocycles. The van der Waals surface area contributed by atoms with Crippen molar-refractivity contribution in [3.05, 3.63) is 24.3 Å². The second kappa shape index (κ2) is 7.47. The van der Waals surface area contributed by atoms with Gasteiger partial charge in [0.15, 0.2) is 9.84 Å². The van der Waals surface area contributed by atoms with E-state index in [2.05, 4.69) is 5.32 Å². The summed E-state index contributed by atoms with van der Waals surface area (Å²) < 4.78 is 29.4. The van der Waals surface area contributed by atoms with Gasteiger partial charge in [0.25, 0.3) is 0 Å². The molecule has 0 saturated carbocycles. The normalized spacial score (nSPS) is 13.2. The molecule has 19 heavy (non-hydrogen) atoms. The Kier molecular flexibility index (Phi) is 6.27. The molecule has 0 heterocycles. The largest absolute Gasteiger partial charge is 0.495 e. The van der Waals surface area contributed by atoms with Gasteiger partial charge >= 0.3 is 0 Å². The van der Waals surface area contributed by atoms with E-state index >= 15 is 0 Å². The first-order valence-corrected chi connectivity index (χ1v) is 7.91. The Morgan fingerprint density at radius 2 is 2.05 bits per heavy atom. The molecule has 0 radical (unpaired) electrons. The van der Waals surface area contributed by atoms with Gasteiger partial charge in [0.05, 0.1) is 19.0 Å². The zero-order chi connectivity index (χ0) is 14.3. The van der Waals surface area contributed by atoms with Crippen LogP contribution in [0.4, 0.5) is 0 Å². The molecule has 0 amide bonds. The molecular weight excluding hydrogens is 266 g/mol. The van der Waals surface area contributed by atoms with E-state index in [0.29, 0.717) is 5.75 Å². The number of hydrogen-bond donors (Lipinski definition) is 2. The predicted octanol–water partition coefficient (Wildman–Crippen LogP) is 0.829. The average molecular weight is 287 g/mol. The van der Waals surface area contributed by atoms with Crippen molar-refractivity contribution in [2.24, 2.45) is 0 Å². The SMILES string of the molecule is CCCNCC(O)CS(=O)(=O)c1ccccc1OC. The number of rotatable bonds is 8. The summed E-state index contributed by atoms with van der Waals surface area (Å²) in [6.45, 7) is 3.03. The van der Waals surface area contributed by atoms with Crippen molar-refractivity contribution in [1.82, 2.24) is 5.32 Å². The molecule has 0 saturated heterocycles. The summed E-state index contributed by atoms with van der Waals surface area (Å²) in [5, 5.41) is 12.7. The molecule has 1 atom stereocenters. The van der Waals surface area contributed by atoms with Gasteiger partial charge in [-0.15, -0.1) is 0 Å². The number of aliphatic hydroxyl groups excluding tert-OH is 1. The van der Waals surface area contributed by atoms with Crippen LogP contribution < -0.4 is 10.1 Å². The van der Waals surface area contributed by atoms with Crippen molar-refractivity contribution >= 4 is 9.84 Å². The molecule has 1 rings (SSSR count). The molecule has 1 aromatic rings. The zero-order valence-corrected chi connectivity index (χ0v) is 12.1. The lowest BCUT2D eigenvalue weighted by Crippen LogP contribution is -2.33. The molecule has 0 aliphatic carbocycles. The van der Waals surface area contributed by atoms with Crippen LogP contribution in [0.2, 0.25) is 0 Å². The minimum absolute atomic E-state index is 0.118. The van der Waals surface area contributed by atoms with Crippen LogP contribution in [0.15, 0.2) is 29.2 Å². The first kappa shape index (κ1) is 15.9. The quantitative estimate of drug-likeness (QED) is 0.693. The Bertz CT molecular complexity index is 487. The van der Waals surface area contributed by atoms with Crippen molar-refractivity contribution in [2.75, 3.05) is 26.0 Å². The summed E-state index contributed by atoms with van der Waals surface area (Å²) in [5.74, 6) is -0.0133. The highest BCUT2D eigenvalue weighted by atomic mass is 32.2. The van der Waals surface area contributed by atoms with Gasteiger partial charge in [-0.2, -0.15) is 0 Å². The second-order valence-corrected chi connectivity index (χ2v) is 6.29. The van der Waals surface area contributed by atoms with Crippen LogP contribution in [0.5, 0.6) is 5.75 Å². The molecule has 0 aliphatic heterocycles. The fourth-order valence-corrected chi connectivity index (χ4v) is 3.27. The van der Waals surface area contributed by atoms with E-state index in [9.17, 15) is 13.5 Å². The lowest BCUT2D eigenvalue weighted by atomic mass is 10.3. The van der Waals surface area contributed by atoms with E-state index in [4.69, 9.17) is 4.74 Å². The third-order valence-corrected chi connectivity index (χ3v) is 4.45. The molecule has 6 heteroatoms. The van der Waals surface area contributed by atoms with Crippen molar-refractivity contribution in [2.45, 2.75) is 24.3 Å². The fraction of sp³-hybridized carbons (Fsp3) is 0.538. The van der Waals surface area contributed by atoms with Crippen LogP contribution in [0.25, 0.3) is 0 Å². The Morgan fingerprint density at radius 1 is 1.37 bits per heavy atom. The Labute approximate surface area is 114 Å². The first-order valence-electron chi connectivity index (χ1n) is 6.25. The van der Waals surface area contributed by atoms with E-state index < -0.39 is 15.9 Å². The maximum absolute atomic E-state index is 12.2. The number of ether oxygens (including phenoxy) is 1. The van der Waals surface area contributed by atoms with Crippen LogP contribution in [0.1, 0.15) is 13.3 Å². The van der Waals surface area contributed by atoms with Gasteiger partial charge in [0.1, 0.15) is 10.6 Å². The molecule has 5 nitrogen and oxygen atoms in total. The molecular formula is C13H21NO4S. The Hall–Kier alpha value is -1.11. The monoisotopic (exact) mass is 287 g/mol. The molecule has 0 bridgehead atoms. The van der Waals surface area contributed by atoms with E-state index in [1.165, 1.54) is 13.2 Å². The molecule has 0 spiro atoms. The number of aliphatic hydroxyl groups is 1. The van der Waals surface area contributed by atoms with Crippen LogP contribution >= 0.6 is 0 Å². The number of hydrogen-bond acceptors (Lipinski definition) is 5. The van der Waals surface area contributed by atoms with Gasteiger partial charge in [-0.3, -0.25) is 0 Å². The average Bonchev–Trinajstić information content (AvgIpc) is 2.38. The number of nitrogens with one attached hydrogen (secondary N) is 1. The first-order chi connectivity index (χ1) is 9.01. The summed E-state index contributed by atoms with van der Waals surface area (Å²) in [5.41, 5.74) is 0. The minimum atomic E-state index is -3.55. The standard InChI is InChI=1S/C13H21NO4S/c1-3-8-14-9-11(15)10-19(16,17)13-7-5-4-6-12(13)18-2/h4-7,11,14-15H,3,8-10H2,1-2H3. The summed E-state index contributed by atoms with van der Waals surface area (Å²) in [6.07, 6.45) is 0.00728. The highest BCUT2D eigenvalue weighted by Crippen LogP contribution is 2.24. The summed E-state index contributed by atoms with van der Waals surface area (Å²) >= 11 is 0. The fourth-order valence-electron chi connectivity index (χ4n) is 1.72. The van der Waals surface area contributed by atoms with Gasteiger partial charge < -0.3 is 15.2 Å². The van der Waals surface area contributed by atoms with Gasteiger partial charge in [-0.25, -0.2) is 8.42 Å². The molecule has 0 aliphatic rings. The van der Waals surface area contributed by atoms with E-state index in [-0.39, 0.29) is 17.2 Å². The highest BCUT2D eigenvalue weighted by Gasteiger charge is 2.22. The number of methoxy groups -OCH3 is 1. The van der Waals surface area contributed by atoms with E-state index in [1.54, 1.807) is 18.2 Å². The smallest absolute Gasteiger partial charge is 0.184 e.